The standard InChI is InChI=1S/C13H20N4O/c1-10(18)16-12-3-6-17(7-4-12)13-9-15-5-2-11(13)8-14/h2,5,9,12H,3-4,6-8,14H2,1H3,(H,16,18). The maximum absolute atomic E-state index is 11.0. The van der Waals surface area contributed by atoms with E-state index in [1.807, 2.05) is 12.3 Å². The van der Waals surface area contributed by atoms with Crippen molar-refractivity contribution in [2.24, 2.45) is 5.73 Å². The van der Waals surface area contributed by atoms with E-state index in [2.05, 4.69) is 15.2 Å². The number of piperidine rings is 1. The van der Waals surface area contributed by atoms with E-state index in [-0.39, 0.29) is 5.91 Å². The minimum absolute atomic E-state index is 0.0532. The lowest BCUT2D eigenvalue weighted by Gasteiger charge is -2.34. The van der Waals surface area contributed by atoms with Crippen LogP contribution in [0.3, 0.4) is 0 Å². The summed E-state index contributed by atoms with van der Waals surface area (Å²) >= 11 is 0. The number of nitrogens with zero attached hydrogens (tertiary/aromatic N) is 2. The number of carbonyl (C=O) groups is 1. The molecule has 0 atom stereocenters. The number of hydrogen-bond donors (Lipinski definition) is 2. The molecule has 0 radical (unpaired) electrons. The van der Waals surface area contributed by atoms with Gasteiger partial charge in [0, 0.05) is 38.8 Å². The van der Waals surface area contributed by atoms with Gasteiger partial charge in [0.15, 0.2) is 0 Å². The fourth-order valence-electron chi connectivity index (χ4n) is 2.42. The molecule has 0 spiro atoms. The van der Waals surface area contributed by atoms with Crippen molar-refractivity contribution in [3.63, 3.8) is 0 Å². The molecule has 0 unspecified atom stereocenters. The van der Waals surface area contributed by atoms with E-state index in [1.54, 1.807) is 13.1 Å². The van der Waals surface area contributed by atoms with E-state index >= 15 is 0 Å². The summed E-state index contributed by atoms with van der Waals surface area (Å²) in [6.45, 7) is 3.97. The van der Waals surface area contributed by atoms with Crippen LogP contribution in [0.2, 0.25) is 0 Å². The second-order valence-electron chi connectivity index (χ2n) is 4.67. The van der Waals surface area contributed by atoms with Crippen molar-refractivity contribution >= 4 is 11.6 Å². The third-order valence-corrected chi connectivity index (χ3v) is 3.35. The Morgan fingerprint density at radius 2 is 2.28 bits per heavy atom. The summed E-state index contributed by atoms with van der Waals surface area (Å²) in [5.41, 5.74) is 7.99. The van der Waals surface area contributed by atoms with Gasteiger partial charge in [-0.15, -0.1) is 0 Å². The van der Waals surface area contributed by atoms with Crippen molar-refractivity contribution in [1.82, 2.24) is 10.3 Å². The van der Waals surface area contributed by atoms with E-state index < -0.39 is 0 Å². The molecular weight excluding hydrogens is 228 g/mol. The summed E-state index contributed by atoms with van der Waals surface area (Å²) in [6, 6.07) is 2.27. The van der Waals surface area contributed by atoms with Gasteiger partial charge in [0.2, 0.25) is 5.91 Å². The van der Waals surface area contributed by atoms with Crippen LogP contribution in [0.15, 0.2) is 18.5 Å². The van der Waals surface area contributed by atoms with Crippen molar-refractivity contribution in [2.45, 2.75) is 32.4 Å². The molecule has 18 heavy (non-hydrogen) atoms. The lowest BCUT2D eigenvalue weighted by atomic mass is 10.0. The average molecular weight is 248 g/mol. The van der Waals surface area contributed by atoms with Crippen LogP contribution < -0.4 is 16.0 Å². The highest BCUT2D eigenvalue weighted by Crippen LogP contribution is 2.22. The molecule has 0 aromatic carbocycles. The number of carbonyl (C=O) groups excluding carboxylic acids is 1. The van der Waals surface area contributed by atoms with Gasteiger partial charge in [-0.2, -0.15) is 0 Å². The fraction of sp³-hybridized carbons (Fsp3) is 0.538. The number of amides is 1. The van der Waals surface area contributed by atoms with Gasteiger partial charge < -0.3 is 16.0 Å². The largest absolute Gasteiger partial charge is 0.370 e. The van der Waals surface area contributed by atoms with Gasteiger partial charge >= 0.3 is 0 Å². The normalized spacial score (nSPS) is 16.7. The molecule has 5 nitrogen and oxygen atoms in total. The van der Waals surface area contributed by atoms with Crippen LogP contribution in [-0.2, 0) is 11.3 Å². The minimum Gasteiger partial charge on any atom is -0.370 e. The van der Waals surface area contributed by atoms with Gasteiger partial charge in [0.1, 0.15) is 0 Å². The quantitative estimate of drug-likeness (QED) is 0.823. The van der Waals surface area contributed by atoms with Crippen LogP contribution in [0.1, 0.15) is 25.3 Å². The molecule has 0 bridgehead atoms. The molecule has 1 saturated heterocycles. The molecule has 0 aliphatic carbocycles. The molecule has 0 saturated carbocycles. The van der Waals surface area contributed by atoms with Crippen LogP contribution in [0.25, 0.3) is 0 Å². The number of aromatic nitrogens is 1. The van der Waals surface area contributed by atoms with Crippen molar-refractivity contribution < 1.29 is 4.79 Å². The second kappa shape index (κ2) is 5.82. The van der Waals surface area contributed by atoms with Crippen LogP contribution >= 0.6 is 0 Å². The molecule has 1 fully saturated rings. The Kier molecular flexibility index (Phi) is 4.15. The molecule has 2 heterocycles. The maximum atomic E-state index is 11.0. The van der Waals surface area contributed by atoms with Gasteiger partial charge in [-0.05, 0) is 24.5 Å². The summed E-state index contributed by atoms with van der Waals surface area (Å²) in [5.74, 6) is 0.0532. The average Bonchev–Trinajstić information content (AvgIpc) is 2.39. The van der Waals surface area contributed by atoms with E-state index in [1.165, 1.54) is 0 Å². The number of nitrogens with one attached hydrogen (secondary N) is 1. The van der Waals surface area contributed by atoms with Crippen LogP contribution in [0.4, 0.5) is 5.69 Å². The van der Waals surface area contributed by atoms with Gasteiger partial charge in [-0.25, -0.2) is 0 Å². The summed E-state index contributed by atoms with van der Waals surface area (Å²) in [5, 5.41) is 2.98. The number of nitrogens with two attached hydrogens (primary N) is 1. The van der Waals surface area contributed by atoms with E-state index in [4.69, 9.17) is 5.73 Å². The zero-order valence-corrected chi connectivity index (χ0v) is 10.7. The predicted molar refractivity (Wildman–Crippen MR) is 71.2 cm³/mol. The molecule has 3 N–H and O–H groups in total. The van der Waals surface area contributed by atoms with E-state index in [9.17, 15) is 4.79 Å². The topological polar surface area (TPSA) is 71.2 Å². The van der Waals surface area contributed by atoms with Crippen molar-refractivity contribution in [3.8, 4) is 0 Å². The van der Waals surface area contributed by atoms with Crippen LogP contribution in [0.5, 0.6) is 0 Å². The first-order valence-corrected chi connectivity index (χ1v) is 6.35. The SMILES string of the molecule is CC(=O)NC1CCN(c2cnccc2CN)CC1. The highest BCUT2D eigenvalue weighted by molar-refractivity contribution is 5.73. The number of rotatable bonds is 3. The number of pyridine rings is 1. The monoisotopic (exact) mass is 248 g/mol. The minimum atomic E-state index is 0.0532. The first-order chi connectivity index (χ1) is 8.70. The molecule has 98 valence electrons. The van der Waals surface area contributed by atoms with Gasteiger partial charge in [-0.1, -0.05) is 0 Å². The molecule has 1 amide bonds. The molecule has 5 heteroatoms. The molecule has 1 aromatic rings. The maximum Gasteiger partial charge on any atom is 0.217 e. The second-order valence-corrected chi connectivity index (χ2v) is 4.67. The molecule has 1 aliphatic rings. The van der Waals surface area contributed by atoms with Gasteiger partial charge in [-0.3, -0.25) is 9.78 Å². The Balaban J connectivity index is 1.99. The Labute approximate surface area is 107 Å². The lowest BCUT2D eigenvalue weighted by molar-refractivity contribution is -0.119. The van der Waals surface area contributed by atoms with Crippen LogP contribution in [0, 0.1) is 0 Å². The van der Waals surface area contributed by atoms with E-state index in [0.717, 1.165) is 37.2 Å². The number of anilines is 1. The summed E-state index contributed by atoms with van der Waals surface area (Å²) in [4.78, 5) is 17.5. The highest BCUT2D eigenvalue weighted by Gasteiger charge is 2.21. The summed E-state index contributed by atoms with van der Waals surface area (Å²) in [6.07, 6.45) is 5.59. The van der Waals surface area contributed by atoms with Crippen molar-refractivity contribution in [2.75, 3.05) is 18.0 Å². The van der Waals surface area contributed by atoms with Crippen molar-refractivity contribution in [1.29, 1.82) is 0 Å². The summed E-state index contributed by atoms with van der Waals surface area (Å²) in [7, 11) is 0. The third kappa shape index (κ3) is 2.98. The molecule has 2 rings (SSSR count). The van der Waals surface area contributed by atoms with Crippen molar-refractivity contribution in [3.05, 3.63) is 24.0 Å². The fourth-order valence-corrected chi connectivity index (χ4v) is 2.42. The number of hydrogen-bond acceptors (Lipinski definition) is 4. The molecule has 1 aromatic heterocycles. The first-order valence-electron chi connectivity index (χ1n) is 6.35. The lowest BCUT2D eigenvalue weighted by Crippen LogP contribution is -2.44. The summed E-state index contributed by atoms with van der Waals surface area (Å²) < 4.78 is 0. The molecular formula is C13H20N4O. The van der Waals surface area contributed by atoms with E-state index in [0.29, 0.717) is 12.6 Å². The Hall–Kier alpha value is -1.62. The van der Waals surface area contributed by atoms with Gasteiger partial charge in [0.05, 0.1) is 11.9 Å². The Morgan fingerprint density at radius 3 is 2.89 bits per heavy atom. The first kappa shape index (κ1) is 12.8. The zero-order valence-electron chi connectivity index (χ0n) is 10.7. The zero-order chi connectivity index (χ0) is 13.0. The smallest absolute Gasteiger partial charge is 0.217 e. The Morgan fingerprint density at radius 1 is 1.56 bits per heavy atom. The van der Waals surface area contributed by atoms with Crippen LogP contribution in [-0.4, -0.2) is 30.0 Å². The molecule has 1 aliphatic heterocycles. The third-order valence-electron chi connectivity index (χ3n) is 3.35. The predicted octanol–water partition coefficient (Wildman–Crippen LogP) is 0.645. The van der Waals surface area contributed by atoms with Gasteiger partial charge in [0.25, 0.3) is 0 Å². The Bertz CT molecular complexity index is 413. The highest BCUT2D eigenvalue weighted by atomic mass is 16.1.